The van der Waals surface area contributed by atoms with Gasteiger partial charge in [-0.2, -0.15) is 0 Å². The number of carbonyl (C=O) groups excluding carboxylic acids is 2. The second-order valence-electron chi connectivity index (χ2n) is 8.18. The van der Waals surface area contributed by atoms with E-state index in [1.54, 1.807) is 0 Å². The average Bonchev–Trinajstić information content (AvgIpc) is 3.15. The highest BCUT2D eigenvalue weighted by Gasteiger charge is 2.34. The van der Waals surface area contributed by atoms with E-state index in [0.29, 0.717) is 16.3 Å². The molecule has 6 N–H and O–H groups in total. The van der Waals surface area contributed by atoms with Gasteiger partial charge in [0.25, 0.3) is 11.8 Å². The summed E-state index contributed by atoms with van der Waals surface area (Å²) < 4.78 is 51.4. The number of ether oxygens (including phenoxy) is 1. The second-order valence-corrected chi connectivity index (χ2v) is 12.8. The normalized spacial score (nSPS) is 15.0. The second kappa shape index (κ2) is 11.4. The van der Waals surface area contributed by atoms with Crippen LogP contribution in [0.15, 0.2) is 81.4 Å². The first-order chi connectivity index (χ1) is 18.7. The predicted octanol–water partition coefficient (Wildman–Crippen LogP) is 2.71. The van der Waals surface area contributed by atoms with Crippen LogP contribution in [0.4, 0.5) is 11.4 Å². The highest BCUT2D eigenvalue weighted by molar-refractivity contribution is 8.19. The van der Waals surface area contributed by atoms with Crippen LogP contribution in [0, 0.1) is 5.41 Å². The smallest absolute Gasteiger partial charge is 0.271 e. The molecule has 0 atom stereocenters. The number of hydrogen-bond donors (Lipinski definition) is 4. The lowest BCUT2D eigenvalue weighted by atomic mass is 10.1. The number of nitrogens with zero attached hydrogens (tertiary/aromatic N) is 1. The molecule has 1 saturated heterocycles. The first-order valence-corrected chi connectivity index (χ1v) is 15.3. The number of anilines is 2. The molecule has 1 aliphatic rings. The summed E-state index contributed by atoms with van der Waals surface area (Å²) >= 11 is 7.01. The Morgan fingerprint density at radius 1 is 0.975 bits per heavy atom. The molecule has 12 nitrogen and oxygen atoms in total. The zero-order valence-corrected chi connectivity index (χ0v) is 23.4. The Labute approximate surface area is 238 Å². The maximum absolute atomic E-state index is 13.1. The minimum absolute atomic E-state index is 0.105. The molecule has 3 aromatic carbocycles. The van der Waals surface area contributed by atoms with Crippen molar-refractivity contribution >= 4 is 77.8 Å². The van der Waals surface area contributed by atoms with E-state index < -0.39 is 38.5 Å². The summed E-state index contributed by atoms with van der Waals surface area (Å²) in [5.41, 5.74) is 0.964. The topological polar surface area (TPSA) is 203 Å². The number of halogens is 1. The van der Waals surface area contributed by atoms with Crippen LogP contribution < -0.4 is 25.2 Å². The molecule has 0 radical (unpaired) electrons. The molecule has 2 amide bonds. The summed E-state index contributed by atoms with van der Waals surface area (Å²) in [7, 11) is -7.79. The molecule has 0 spiro atoms. The van der Waals surface area contributed by atoms with Crippen LogP contribution >= 0.6 is 23.4 Å². The molecule has 40 heavy (non-hydrogen) atoms. The summed E-state index contributed by atoms with van der Waals surface area (Å²) in [6.45, 7) is -0.422. The minimum atomic E-state index is -3.92. The van der Waals surface area contributed by atoms with Gasteiger partial charge in [0.1, 0.15) is 5.75 Å². The predicted molar refractivity (Wildman–Crippen MR) is 152 cm³/mol. The number of carbonyl (C=O) groups is 2. The molecule has 208 valence electrons. The Morgan fingerprint density at radius 3 is 2.12 bits per heavy atom. The lowest BCUT2D eigenvalue weighted by molar-refractivity contribution is -0.118. The molecular formula is C24H20ClN5O7S3. The van der Waals surface area contributed by atoms with Crippen molar-refractivity contribution in [3.05, 3.63) is 82.2 Å². The number of rotatable bonds is 8. The standard InChI is InChI=1S/C24H20ClN5O7S3/c25-15-1-10-20(37-13-22(31)29-16-2-6-18(7-3-16)39(27,33)34)14(11-15)12-21-23(32)30(24(26)38-21)17-4-8-19(9-5-17)40(28,35)36/h1-12,26H,13H2,(H,29,31)(H2,27,33,34)(H2,28,35,36)/b21-12-,26-24?. The summed E-state index contributed by atoms with van der Waals surface area (Å²) in [4.78, 5) is 26.6. The van der Waals surface area contributed by atoms with Crippen LogP contribution in [0.25, 0.3) is 6.08 Å². The van der Waals surface area contributed by atoms with Gasteiger partial charge in [-0.25, -0.2) is 27.1 Å². The summed E-state index contributed by atoms with van der Waals surface area (Å²) in [6.07, 6.45) is 1.46. The zero-order valence-electron chi connectivity index (χ0n) is 20.2. The average molecular weight is 622 g/mol. The van der Waals surface area contributed by atoms with E-state index >= 15 is 0 Å². The van der Waals surface area contributed by atoms with E-state index in [1.807, 2.05) is 0 Å². The minimum Gasteiger partial charge on any atom is -0.483 e. The number of hydrogen-bond acceptors (Lipinski definition) is 9. The van der Waals surface area contributed by atoms with Crippen molar-refractivity contribution in [2.45, 2.75) is 9.79 Å². The lowest BCUT2D eigenvalue weighted by Gasteiger charge is -2.14. The summed E-state index contributed by atoms with van der Waals surface area (Å²) in [5, 5.41) is 21.2. The van der Waals surface area contributed by atoms with Crippen molar-refractivity contribution in [1.29, 1.82) is 5.41 Å². The molecule has 3 aromatic rings. The molecule has 0 aliphatic carbocycles. The Morgan fingerprint density at radius 2 is 1.55 bits per heavy atom. The van der Waals surface area contributed by atoms with Crippen LogP contribution in [0.3, 0.4) is 0 Å². The Kier molecular flexibility index (Phi) is 8.34. The number of amides is 2. The fourth-order valence-electron chi connectivity index (χ4n) is 3.48. The molecule has 1 aliphatic heterocycles. The number of nitrogens with two attached hydrogens (primary N) is 2. The Bertz CT molecular complexity index is 1760. The van der Waals surface area contributed by atoms with E-state index in [2.05, 4.69) is 5.32 Å². The molecule has 1 fully saturated rings. The lowest BCUT2D eigenvalue weighted by Crippen LogP contribution is -2.28. The van der Waals surface area contributed by atoms with Gasteiger partial charge in [-0.05, 0) is 84.6 Å². The third-order valence-electron chi connectivity index (χ3n) is 5.33. The van der Waals surface area contributed by atoms with Gasteiger partial charge in [-0.15, -0.1) is 0 Å². The van der Waals surface area contributed by atoms with Gasteiger partial charge in [-0.3, -0.25) is 19.9 Å². The zero-order chi connectivity index (χ0) is 29.2. The van der Waals surface area contributed by atoms with Gasteiger partial charge in [0, 0.05) is 16.3 Å². The summed E-state index contributed by atoms with van der Waals surface area (Å²) in [5.74, 6) is -0.850. The molecule has 0 saturated carbocycles. The van der Waals surface area contributed by atoms with Crippen molar-refractivity contribution in [2.75, 3.05) is 16.8 Å². The maximum Gasteiger partial charge on any atom is 0.271 e. The number of nitrogens with one attached hydrogen (secondary N) is 2. The van der Waals surface area contributed by atoms with Gasteiger partial charge in [0.05, 0.1) is 20.4 Å². The van der Waals surface area contributed by atoms with Crippen LogP contribution in [0.1, 0.15) is 5.56 Å². The van der Waals surface area contributed by atoms with Crippen molar-refractivity contribution in [3.63, 3.8) is 0 Å². The van der Waals surface area contributed by atoms with Crippen molar-refractivity contribution in [1.82, 2.24) is 0 Å². The molecule has 0 unspecified atom stereocenters. The number of sulfonamides is 2. The van der Waals surface area contributed by atoms with E-state index in [9.17, 15) is 26.4 Å². The first-order valence-electron chi connectivity index (χ1n) is 11.0. The maximum atomic E-state index is 13.1. The number of amidine groups is 1. The van der Waals surface area contributed by atoms with E-state index in [1.165, 1.54) is 72.8 Å². The van der Waals surface area contributed by atoms with Crippen LogP contribution in [0.2, 0.25) is 5.02 Å². The fourth-order valence-corrected chi connectivity index (χ4v) is 5.54. The van der Waals surface area contributed by atoms with Gasteiger partial charge in [0.15, 0.2) is 11.8 Å². The third kappa shape index (κ3) is 6.88. The molecule has 4 rings (SSSR count). The van der Waals surface area contributed by atoms with Gasteiger partial charge in [-0.1, -0.05) is 11.6 Å². The number of primary sulfonamides is 2. The molecule has 1 heterocycles. The van der Waals surface area contributed by atoms with Crippen molar-refractivity contribution < 1.29 is 31.2 Å². The van der Waals surface area contributed by atoms with Gasteiger partial charge >= 0.3 is 0 Å². The molecule has 16 heteroatoms. The van der Waals surface area contributed by atoms with E-state index in [-0.39, 0.29) is 31.3 Å². The molecule has 0 bridgehead atoms. The van der Waals surface area contributed by atoms with Gasteiger partial charge in [0.2, 0.25) is 20.0 Å². The highest BCUT2D eigenvalue weighted by atomic mass is 35.5. The quantitative estimate of drug-likeness (QED) is 0.275. The van der Waals surface area contributed by atoms with Crippen LogP contribution in [-0.4, -0.2) is 40.4 Å². The SMILES string of the molecule is N=C1S/C(=C\c2cc(Cl)ccc2OCC(=O)Nc2ccc(S(N)(=O)=O)cc2)C(=O)N1c1ccc(S(N)(=O)=O)cc1. The molecular weight excluding hydrogens is 602 g/mol. The monoisotopic (exact) mass is 621 g/mol. The first kappa shape index (κ1) is 29.3. The Hall–Kier alpha value is -3.73. The van der Waals surface area contributed by atoms with E-state index in [4.69, 9.17) is 32.0 Å². The van der Waals surface area contributed by atoms with E-state index in [0.717, 1.165) is 16.7 Å². The van der Waals surface area contributed by atoms with Gasteiger partial charge < -0.3 is 10.1 Å². The van der Waals surface area contributed by atoms with Crippen LogP contribution in [-0.2, 0) is 29.6 Å². The Balaban J connectivity index is 1.49. The van der Waals surface area contributed by atoms with Crippen LogP contribution in [0.5, 0.6) is 5.75 Å². The van der Waals surface area contributed by atoms with Crippen molar-refractivity contribution in [3.8, 4) is 5.75 Å². The highest BCUT2D eigenvalue weighted by Crippen LogP contribution is 2.37. The number of benzene rings is 3. The third-order valence-corrected chi connectivity index (χ3v) is 8.31. The fraction of sp³-hybridized carbons (Fsp3) is 0.0417. The largest absolute Gasteiger partial charge is 0.483 e. The van der Waals surface area contributed by atoms with Crippen molar-refractivity contribution in [2.24, 2.45) is 10.3 Å². The summed E-state index contributed by atoms with van der Waals surface area (Å²) in [6, 6.07) is 15.0. The molecule has 0 aromatic heterocycles. The number of thioether (sulfide) groups is 1.